The molecule has 85 heavy (non-hydrogen) atoms. The number of hydrogen-bond acceptors (Lipinski definition) is 16. The molecular weight excluding hydrogens is 1130 g/mol. The van der Waals surface area contributed by atoms with E-state index in [0.29, 0.717) is 30.1 Å². The van der Waals surface area contributed by atoms with Crippen LogP contribution >= 0.6 is 23.5 Å². The number of benzene rings is 6. The second-order valence-corrected chi connectivity index (χ2v) is 20.7. The Morgan fingerprint density at radius 3 is 1.28 bits per heavy atom. The first-order chi connectivity index (χ1) is 41.2. The minimum atomic E-state index is -1.07. The third-order valence-electron chi connectivity index (χ3n) is 12.5. The maximum atomic E-state index is 12.3. The van der Waals surface area contributed by atoms with E-state index in [0.717, 1.165) is 38.5 Å². The summed E-state index contributed by atoms with van der Waals surface area (Å²) in [5, 5.41) is 20.4. The number of ether oxygens (including phenoxy) is 6. The maximum absolute atomic E-state index is 12.3. The Labute approximate surface area is 502 Å². The molecule has 6 aromatic rings. The van der Waals surface area contributed by atoms with E-state index in [2.05, 4.69) is 5.32 Å². The summed E-state index contributed by atoms with van der Waals surface area (Å²) >= 11 is 3.07. The summed E-state index contributed by atoms with van der Waals surface area (Å²) in [5.74, 6) is -0.611. The van der Waals surface area contributed by atoms with E-state index < -0.39 is 60.5 Å². The number of nitrogens with one attached hydrogen (secondary N) is 1. The number of nitrogens with zero attached hydrogens (tertiary/aromatic N) is 3. The molecule has 2 fully saturated rings. The van der Waals surface area contributed by atoms with Gasteiger partial charge >= 0.3 is 48.3 Å². The number of cyclic esters (lactones) is 2. The fraction of sp³-hybridized carbons (Fsp3) is 0.302. The molecule has 2 aliphatic heterocycles. The lowest BCUT2D eigenvalue weighted by Crippen LogP contribution is -2.44. The highest BCUT2D eigenvalue weighted by Gasteiger charge is 2.39. The Hall–Kier alpha value is -9.02. The lowest BCUT2D eigenvalue weighted by molar-refractivity contribution is -0.141. The molecule has 450 valence electrons. The summed E-state index contributed by atoms with van der Waals surface area (Å²) in [4.78, 5) is 96.7. The molecule has 4 amide bonds. The molecule has 6 aromatic carbocycles. The van der Waals surface area contributed by atoms with E-state index in [9.17, 15) is 43.5 Å². The number of carboxylic acid groups (broad SMARTS) is 2. The summed E-state index contributed by atoms with van der Waals surface area (Å²) in [5.41, 5.74) is 5.81. The average molecular weight is 1200 g/mol. The van der Waals surface area contributed by atoms with Crippen LogP contribution in [0.3, 0.4) is 0 Å². The van der Waals surface area contributed by atoms with Gasteiger partial charge in [0.2, 0.25) is 0 Å². The van der Waals surface area contributed by atoms with Crippen molar-refractivity contribution in [2.45, 2.75) is 88.8 Å². The largest absolute Gasteiger partial charge is 0.480 e. The van der Waals surface area contributed by atoms with Crippen molar-refractivity contribution in [3.63, 3.8) is 0 Å². The molecule has 0 radical (unpaired) electrons. The van der Waals surface area contributed by atoms with Crippen LogP contribution in [0.4, 0.5) is 19.2 Å². The fourth-order valence-corrected chi connectivity index (χ4v) is 9.89. The van der Waals surface area contributed by atoms with E-state index in [1.807, 2.05) is 189 Å². The number of hydrogen-bond donors (Lipinski definition) is 3. The SMILES string of the molecule is CC[C@H](NC(=O)OCc1ccccc1)C(=O)O.CC[C@H]1C(=O)OCN1C(=O)OCc1ccccc1.CN(C(=O)OCc1ccccc1)[C@@H](CSCc1ccccc1)C(=O)O.O=C1OCN(C(=O)OCc2ccccc2)[C@H]1CSCc1ccccc1. The molecule has 20 nitrogen and oxygen atoms in total. The predicted octanol–water partition coefficient (Wildman–Crippen LogP) is 10.8. The van der Waals surface area contributed by atoms with Crippen LogP contribution in [-0.4, -0.2) is 129 Å². The van der Waals surface area contributed by atoms with Gasteiger partial charge in [0.15, 0.2) is 13.5 Å². The molecule has 8 rings (SSSR count). The second-order valence-electron chi connectivity index (χ2n) is 18.7. The van der Waals surface area contributed by atoms with Crippen molar-refractivity contribution in [1.82, 2.24) is 20.0 Å². The van der Waals surface area contributed by atoms with Crippen molar-refractivity contribution in [2.75, 3.05) is 32.0 Å². The number of esters is 2. The molecular formula is C63H70N4O16S2. The third kappa shape index (κ3) is 24.0. The Morgan fingerprint density at radius 2 is 0.894 bits per heavy atom. The average Bonchev–Trinajstić information content (AvgIpc) is 4.30. The zero-order chi connectivity index (χ0) is 61.2. The van der Waals surface area contributed by atoms with Crippen molar-refractivity contribution in [3.05, 3.63) is 215 Å². The van der Waals surface area contributed by atoms with Gasteiger partial charge in [0.25, 0.3) is 0 Å². The second kappa shape index (κ2) is 37.2. The van der Waals surface area contributed by atoms with Crippen molar-refractivity contribution in [3.8, 4) is 0 Å². The van der Waals surface area contributed by atoms with Gasteiger partial charge in [-0.25, -0.2) is 38.4 Å². The van der Waals surface area contributed by atoms with Gasteiger partial charge in [-0.05, 0) is 46.2 Å². The Morgan fingerprint density at radius 1 is 0.529 bits per heavy atom. The van der Waals surface area contributed by atoms with Gasteiger partial charge in [0.05, 0.1) is 0 Å². The number of carbonyl (C=O) groups excluding carboxylic acids is 6. The van der Waals surface area contributed by atoms with Crippen LogP contribution in [0.5, 0.6) is 0 Å². The molecule has 2 saturated heterocycles. The van der Waals surface area contributed by atoms with Crippen molar-refractivity contribution in [1.29, 1.82) is 0 Å². The summed E-state index contributed by atoms with van der Waals surface area (Å²) in [7, 11) is 1.45. The summed E-state index contributed by atoms with van der Waals surface area (Å²) in [6.07, 6.45) is -1.56. The lowest BCUT2D eigenvalue weighted by Gasteiger charge is -2.24. The fourth-order valence-electron chi connectivity index (χ4n) is 7.67. The van der Waals surface area contributed by atoms with Crippen LogP contribution in [0.2, 0.25) is 0 Å². The van der Waals surface area contributed by atoms with E-state index in [4.69, 9.17) is 33.5 Å². The molecule has 0 bridgehead atoms. The molecule has 0 aromatic heterocycles. The summed E-state index contributed by atoms with van der Waals surface area (Å²) in [6.45, 7) is 4.05. The van der Waals surface area contributed by atoms with Gasteiger partial charge in [-0.1, -0.05) is 196 Å². The van der Waals surface area contributed by atoms with E-state index >= 15 is 0 Å². The van der Waals surface area contributed by atoms with Crippen LogP contribution in [0, 0.1) is 0 Å². The van der Waals surface area contributed by atoms with Crippen LogP contribution < -0.4 is 5.32 Å². The molecule has 0 saturated carbocycles. The van der Waals surface area contributed by atoms with E-state index in [-0.39, 0.29) is 51.8 Å². The molecule has 2 heterocycles. The van der Waals surface area contributed by atoms with E-state index in [1.165, 1.54) is 34.2 Å². The number of carbonyl (C=O) groups is 8. The number of carboxylic acids is 2. The molecule has 22 heteroatoms. The van der Waals surface area contributed by atoms with E-state index in [1.54, 1.807) is 18.7 Å². The lowest BCUT2D eigenvalue weighted by atomic mass is 10.2. The Bertz CT molecular complexity index is 2950. The number of likely N-dealkylation sites (N-methyl/N-ethyl adjacent to an activating group) is 1. The van der Waals surface area contributed by atoms with Crippen molar-refractivity contribution in [2.24, 2.45) is 0 Å². The first kappa shape index (κ1) is 66.8. The highest BCUT2D eigenvalue weighted by atomic mass is 32.2. The van der Waals surface area contributed by atoms with Crippen LogP contribution in [0.1, 0.15) is 60.1 Å². The molecule has 0 unspecified atom stereocenters. The molecule has 4 atom stereocenters. The molecule has 0 aliphatic carbocycles. The zero-order valence-electron chi connectivity index (χ0n) is 47.4. The van der Waals surface area contributed by atoms with Gasteiger partial charge in [0, 0.05) is 30.1 Å². The van der Waals surface area contributed by atoms with Crippen LogP contribution in [0.25, 0.3) is 0 Å². The zero-order valence-corrected chi connectivity index (χ0v) is 49.0. The Kier molecular flexibility index (Phi) is 29.3. The number of thioether (sulfide) groups is 2. The number of aliphatic carboxylic acids is 2. The van der Waals surface area contributed by atoms with Gasteiger partial charge in [0.1, 0.15) is 50.6 Å². The number of amides is 4. The van der Waals surface area contributed by atoms with Crippen LogP contribution in [-0.2, 0) is 85.5 Å². The summed E-state index contributed by atoms with van der Waals surface area (Å²) in [6, 6.07) is 54.1. The van der Waals surface area contributed by atoms with Gasteiger partial charge in [-0.2, -0.15) is 23.5 Å². The predicted molar refractivity (Wildman–Crippen MR) is 319 cm³/mol. The standard InChI is InChI=1S/C19H19NO4S.C19H21NO4S.C13H15NO4.C12H15NO4/c21-18-17(13-25-12-16-9-5-2-6-10-16)20(14-24-18)19(22)23-11-15-7-3-1-4-8-15;1-20(19(23)24-12-15-8-4-2-5-9-15)17(18(21)22)14-25-13-16-10-6-3-7-11-16;1-2-11-12(15)18-9-14(11)13(16)17-8-10-6-4-3-5-7-10;1-2-10(11(14)15)13-12(16)17-8-9-6-4-3-5-7-9/h1-10,17H,11-14H2;2-11,17H,12-14H2,1H3,(H,21,22);3-7,11H,2,8-9H2,1H3;3-7,10H,2,8H2,1H3,(H,13,16)(H,14,15)/t2*17-;11-;10-/m0000/s1. The quantitative estimate of drug-likeness (QED) is 0.0422. The minimum Gasteiger partial charge on any atom is -0.480 e. The number of rotatable bonds is 22. The van der Waals surface area contributed by atoms with Gasteiger partial charge in [-0.3, -0.25) is 14.7 Å². The Balaban J connectivity index is 0.000000210. The normalized spacial score (nSPS) is 14.5. The van der Waals surface area contributed by atoms with Crippen LogP contribution in [0.15, 0.2) is 182 Å². The van der Waals surface area contributed by atoms with Crippen molar-refractivity contribution >= 4 is 71.8 Å². The molecule has 0 spiro atoms. The first-order valence-electron chi connectivity index (χ1n) is 27.0. The topological polar surface area (TPSA) is 254 Å². The minimum absolute atomic E-state index is 0.0229. The highest BCUT2D eigenvalue weighted by molar-refractivity contribution is 7.98. The number of alkyl carbamates (subject to hydrolysis) is 1. The maximum Gasteiger partial charge on any atom is 0.413 e. The smallest absolute Gasteiger partial charge is 0.413 e. The summed E-state index contributed by atoms with van der Waals surface area (Å²) < 4.78 is 30.4. The van der Waals surface area contributed by atoms with Gasteiger partial charge < -0.3 is 44.0 Å². The first-order valence-corrected chi connectivity index (χ1v) is 29.4. The third-order valence-corrected chi connectivity index (χ3v) is 14.7. The van der Waals surface area contributed by atoms with Crippen molar-refractivity contribution < 1.29 is 77.0 Å². The highest BCUT2D eigenvalue weighted by Crippen LogP contribution is 2.22. The molecule has 2 aliphatic rings. The molecule has 3 N–H and O–H groups in total. The monoisotopic (exact) mass is 1200 g/mol. The van der Waals surface area contributed by atoms with Gasteiger partial charge in [-0.15, -0.1) is 0 Å².